The number of nitrogens with zero attached hydrogens (tertiary/aromatic N) is 2. The number of halogens is 5. The highest BCUT2D eigenvalue weighted by Crippen LogP contribution is 2.31. The van der Waals surface area contributed by atoms with E-state index in [9.17, 15) is 23.1 Å². The summed E-state index contributed by atoms with van der Waals surface area (Å²) in [5.74, 6) is -3.02. The average Bonchev–Trinajstić information content (AvgIpc) is 2.83. The molecule has 0 aliphatic heterocycles. The maximum absolute atomic E-state index is 14.8. The summed E-state index contributed by atoms with van der Waals surface area (Å²) in [6.45, 7) is -0.442. The molecule has 1 amide bonds. The molecule has 0 saturated heterocycles. The van der Waals surface area contributed by atoms with Crippen LogP contribution >= 0.6 is 24.8 Å². The molecule has 0 radical (unpaired) electrons. The minimum atomic E-state index is -0.935. The minimum absolute atomic E-state index is 0. The summed E-state index contributed by atoms with van der Waals surface area (Å²) in [6, 6.07) is 11.1. The Labute approximate surface area is 221 Å². The molecule has 0 aliphatic carbocycles. The van der Waals surface area contributed by atoms with E-state index in [4.69, 9.17) is 10.5 Å². The van der Waals surface area contributed by atoms with Gasteiger partial charge in [-0.15, -0.1) is 24.8 Å². The molecule has 0 aliphatic rings. The van der Waals surface area contributed by atoms with Crippen LogP contribution in [0.1, 0.15) is 15.9 Å². The zero-order chi connectivity index (χ0) is 24.9. The maximum atomic E-state index is 14.8. The van der Waals surface area contributed by atoms with Crippen molar-refractivity contribution in [3.8, 4) is 11.5 Å². The van der Waals surface area contributed by atoms with Crippen LogP contribution in [0.4, 0.5) is 36.2 Å². The molecule has 0 saturated carbocycles. The van der Waals surface area contributed by atoms with Crippen LogP contribution < -0.4 is 21.1 Å². The lowest BCUT2D eigenvalue weighted by Gasteiger charge is -2.14. The third kappa shape index (κ3) is 6.79. The predicted molar refractivity (Wildman–Crippen MR) is 137 cm³/mol. The van der Waals surface area contributed by atoms with Gasteiger partial charge in [0.05, 0.1) is 23.4 Å². The number of amides is 1. The number of anilines is 4. The van der Waals surface area contributed by atoms with Crippen molar-refractivity contribution in [3.63, 3.8) is 0 Å². The van der Waals surface area contributed by atoms with Crippen LogP contribution in [0.25, 0.3) is 0 Å². The lowest BCUT2D eigenvalue weighted by Crippen LogP contribution is -2.15. The predicted octanol–water partition coefficient (Wildman–Crippen LogP) is 5.60. The van der Waals surface area contributed by atoms with Gasteiger partial charge in [-0.2, -0.15) is 0 Å². The number of aromatic nitrogens is 2. The molecule has 13 heteroatoms. The van der Waals surface area contributed by atoms with E-state index in [1.807, 2.05) is 0 Å². The number of benzene rings is 2. The standard InChI is InChI=1S/C24H18F3N5O3.2ClH/c25-13-3-5-19(17(26)10-13)32-24(34)15-2-1-8-30-23(15)31-14-4-6-21(18(27)11-14)35-20-7-9-29-22(28)16(20)12-33;;/h1-11,33H,12H2,(H2,28,29)(H,30,31)(H,32,34);2*1H. The number of rotatable bonds is 7. The number of aliphatic hydroxyl groups excluding tert-OH is 1. The van der Waals surface area contributed by atoms with Crippen molar-refractivity contribution >= 4 is 53.7 Å². The first-order valence-corrected chi connectivity index (χ1v) is 10.2. The Bertz CT molecular complexity index is 1410. The summed E-state index contributed by atoms with van der Waals surface area (Å²) in [5, 5.41) is 14.7. The highest BCUT2D eigenvalue weighted by Gasteiger charge is 2.16. The molecule has 0 spiro atoms. The molecule has 4 aromatic rings. The second kappa shape index (κ2) is 12.8. The van der Waals surface area contributed by atoms with E-state index in [1.54, 1.807) is 0 Å². The number of nitrogens with one attached hydrogen (secondary N) is 2. The molecule has 0 fully saturated rings. The van der Waals surface area contributed by atoms with E-state index < -0.39 is 30.0 Å². The molecule has 0 bridgehead atoms. The average molecular weight is 554 g/mol. The van der Waals surface area contributed by atoms with Crippen molar-refractivity contribution in [1.82, 2.24) is 9.97 Å². The SMILES string of the molecule is Cl.Cl.Nc1nccc(Oc2ccc(Nc3ncccc3C(=O)Nc3ccc(F)cc3F)cc2F)c1CO. The van der Waals surface area contributed by atoms with Gasteiger partial charge in [-0.1, -0.05) is 0 Å². The zero-order valence-corrected chi connectivity index (χ0v) is 20.4. The first-order chi connectivity index (χ1) is 16.9. The van der Waals surface area contributed by atoms with Gasteiger partial charge in [-0.3, -0.25) is 4.79 Å². The van der Waals surface area contributed by atoms with Gasteiger partial charge in [0.1, 0.15) is 29.0 Å². The normalized spacial score (nSPS) is 10.1. The number of ether oxygens (including phenoxy) is 1. The Kier molecular flexibility index (Phi) is 10.1. The minimum Gasteiger partial charge on any atom is -0.454 e. The fourth-order valence-electron chi connectivity index (χ4n) is 3.13. The van der Waals surface area contributed by atoms with Crippen LogP contribution in [0.2, 0.25) is 0 Å². The van der Waals surface area contributed by atoms with Gasteiger partial charge in [0.15, 0.2) is 11.6 Å². The van der Waals surface area contributed by atoms with Crippen molar-refractivity contribution in [1.29, 1.82) is 0 Å². The molecule has 4 rings (SSSR count). The van der Waals surface area contributed by atoms with Gasteiger partial charge in [-0.25, -0.2) is 23.1 Å². The molecule has 37 heavy (non-hydrogen) atoms. The number of pyridine rings is 2. The first kappa shape index (κ1) is 29.2. The van der Waals surface area contributed by atoms with Crippen molar-refractivity contribution in [3.05, 3.63) is 95.6 Å². The van der Waals surface area contributed by atoms with Gasteiger partial charge in [0, 0.05) is 30.2 Å². The Hall–Kier alpha value is -4.06. The number of carbonyl (C=O) groups excluding carboxylic acids is 1. The lowest BCUT2D eigenvalue weighted by atomic mass is 10.2. The first-order valence-electron chi connectivity index (χ1n) is 10.2. The second-order valence-corrected chi connectivity index (χ2v) is 7.18. The number of aliphatic hydroxyl groups is 1. The molecule has 8 nitrogen and oxygen atoms in total. The second-order valence-electron chi connectivity index (χ2n) is 7.18. The van der Waals surface area contributed by atoms with E-state index in [0.29, 0.717) is 6.07 Å². The molecular formula is C24H20Cl2F3N5O3. The van der Waals surface area contributed by atoms with Crippen LogP contribution in [-0.4, -0.2) is 21.0 Å². The van der Waals surface area contributed by atoms with Gasteiger partial charge < -0.3 is 26.2 Å². The number of nitrogens with two attached hydrogens (primary N) is 1. The molecular weight excluding hydrogens is 534 g/mol. The summed E-state index contributed by atoms with van der Waals surface area (Å²) in [5.41, 5.74) is 5.99. The smallest absolute Gasteiger partial charge is 0.259 e. The van der Waals surface area contributed by atoms with Crippen LogP contribution in [0, 0.1) is 17.5 Å². The zero-order valence-electron chi connectivity index (χ0n) is 18.7. The van der Waals surface area contributed by atoms with E-state index in [2.05, 4.69) is 20.6 Å². The number of carbonyl (C=O) groups is 1. The summed E-state index contributed by atoms with van der Waals surface area (Å²) >= 11 is 0. The summed E-state index contributed by atoms with van der Waals surface area (Å²) in [6.07, 6.45) is 2.78. The van der Waals surface area contributed by atoms with Crippen LogP contribution in [0.15, 0.2) is 67.0 Å². The number of hydrogen-bond acceptors (Lipinski definition) is 7. The largest absolute Gasteiger partial charge is 0.454 e. The summed E-state index contributed by atoms with van der Waals surface area (Å²) < 4.78 is 47.3. The summed E-state index contributed by atoms with van der Waals surface area (Å²) in [4.78, 5) is 20.6. The quantitative estimate of drug-likeness (QED) is 0.235. The topological polar surface area (TPSA) is 122 Å². The summed E-state index contributed by atoms with van der Waals surface area (Å²) in [7, 11) is 0. The number of nitrogen functional groups attached to an aromatic ring is 1. The van der Waals surface area contributed by atoms with E-state index in [1.165, 1.54) is 42.7 Å². The number of hydrogen-bond donors (Lipinski definition) is 4. The molecule has 5 N–H and O–H groups in total. The van der Waals surface area contributed by atoms with E-state index in [0.717, 1.165) is 18.2 Å². The Morgan fingerprint density at radius 3 is 2.43 bits per heavy atom. The van der Waals surface area contributed by atoms with Gasteiger partial charge in [-0.05, 0) is 42.5 Å². The molecule has 2 aromatic carbocycles. The Morgan fingerprint density at radius 1 is 0.946 bits per heavy atom. The molecule has 2 aromatic heterocycles. The highest BCUT2D eigenvalue weighted by atomic mass is 35.5. The van der Waals surface area contributed by atoms with Crippen LogP contribution in [-0.2, 0) is 6.61 Å². The van der Waals surface area contributed by atoms with Gasteiger partial charge in [0.25, 0.3) is 5.91 Å². The molecule has 0 atom stereocenters. The van der Waals surface area contributed by atoms with Crippen molar-refractivity contribution in [2.24, 2.45) is 0 Å². The fraction of sp³-hybridized carbons (Fsp3) is 0.0417. The van der Waals surface area contributed by atoms with Crippen LogP contribution in [0.5, 0.6) is 11.5 Å². The third-order valence-electron chi connectivity index (χ3n) is 4.85. The molecule has 0 unspecified atom stereocenters. The highest BCUT2D eigenvalue weighted by molar-refractivity contribution is 6.07. The van der Waals surface area contributed by atoms with E-state index in [-0.39, 0.29) is 70.5 Å². The maximum Gasteiger partial charge on any atom is 0.259 e. The van der Waals surface area contributed by atoms with Gasteiger partial charge in [0.2, 0.25) is 0 Å². The fourth-order valence-corrected chi connectivity index (χ4v) is 3.13. The van der Waals surface area contributed by atoms with Crippen molar-refractivity contribution in [2.75, 3.05) is 16.4 Å². The Morgan fingerprint density at radius 2 is 1.73 bits per heavy atom. The molecule has 2 heterocycles. The monoisotopic (exact) mass is 553 g/mol. The molecule has 194 valence electrons. The van der Waals surface area contributed by atoms with Crippen LogP contribution in [0.3, 0.4) is 0 Å². The van der Waals surface area contributed by atoms with Gasteiger partial charge >= 0.3 is 0 Å². The Balaban J connectivity index is 0.00000241. The third-order valence-corrected chi connectivity index (χ3v) is 4.85. The van der Waals surface area contributed by atoms with Crippen molar-refractivity contribution < 1.29 is 27.8 Å². The lowest BCUT2D eigenvalue weighted by molar-refractivity contribution is 0.102. The van der Waals surface area contributed by atoms with E-state index >= 15 is 0 Å². The van der Waals surface area contributed by atoms with Crippen molar-refractivity contribution in [2.45, 2.75) is 6.61 Å².